The molecule has 0 aromatic rings. The average molecular weight is 886 g/mol. The lowest BCUT2D eigenvalue weighted by Gasteiger charge is -2.28. The van der Waals surface area contributed by atoms with Crippen LogP contribution in [0.2, 0.25) is 0 Å². The largest absolute Gasteiger partial charge is 0.756 e. The van der Waals surface area contributed by atoms with Crippen molar-refractivity contribution in [2.24, 2.45) is 0 Å². The molecule has 1 unspecified atom stereocenters. The van der Waals surface area contributed by atoms with Gasteiger partial charge in [-0.1, -0.05) is 162 Å². The summed E-state index contributed by atoms with van der Waals surface area (Å²) < 4.78 is 33.9. The summed E-state index contributed by atoms with van der Waals surface area (Å²) in [6.07, 6.45) is 57.3. The first-order valence-corrected chi connectivity index (χ1v) is 25.4. The van der Waals surface area contributed by atoms with Crippen LogP contribution in [0.5, 0.6) is 0 Å². The minimum absolute atomic E-state index is 0.0519. The maximum Gasteiger partial charge on any atom is 0.306 e. The van der Waals surface area contributed by atoms with Gasteiger partial charge in [-0.2, -0.15) is 0 Å². The average Bonchev–Trinajstić information content (AvgIpc) is 3.23. The highest BCUT2D eigenvalue weighted by Crippen LogP contribution is 2.38. The van der Waals surface area contributed by atoms with Crippen LogP contribution in [-0.4, -0.2) is 70.0 Å². The quantitative estimate of drug-likeness (QED) is 0.0196. The van der Waals surface area contributed by atoms with Gasteiger partial charge in [0.1, 0.15) is 19.8 Å². The van der Waals surface area contributed by atoms with Gasteiger partial charge in [0.2, 0.25) is 0 Å². The fourth-order valence-corrected chi connectivity index (χ4v) is 6.54. The maximum atomic E-state index is 12.7. The van der Waals surface area contributed by atoms with E-state index in [1.54, 1.807) is 0 Å². The number of carbonyl (C=O) groups excluding carboxylic acids is 2. The number of esters is 2. The SMILES string of the molecule is CCC/C=C/C/C=C/C/C=C/C/C=C/CCCCCC(=O)OC[C@H](COP(=O)([O-])OCC[N+](C)(C)C)OC(=O)CCC/C=C/C/C=C/C/C=C/C/C=C/CCCCCCCCC. The zero-order valence-corrected chi connectivity index (χ0v) is 40.7. The van der Waals surface area contributed by atoms with E-state index in [4.69, 9.17) is 18.5 Å². The topological polar surface area (TPSA) is 111 Å². The molecule has 2 atom stereocenters. The summed E-state index contributed by atoms with van der Waals surface area (Å²) in [4.78, 5) is 37.6. The van der Waals surface area contributed by atoms with E-state index in [0.29, 0.717) is 30.3 Å². The second kappa shape index (κ2) is 43.2. The third-order valence-electron chi connectivity index (χ3n) is 9.56. The van der Waals surface area contributed by atoms with Gasteiger partial charge in [0.05, 0.1) is 27.7 Å². The lowest BCUT2D eigenvalue weighted by Crippen LogP contribution is -2.37. The summed E-state index contributed by atoms with van der Waals surface area (Å²) >= 11 is 0. The Morgan fingerprint density at radius 1 is 0.500 bits per heavy atom. The molecule has 0 bridgehead atoms. The normalized spacial score (nSPS) is 14.4. The molecule has 0 amide bonds. The molecule has 0 radical (unpaired) electrons. The number of likely N-dealkylation sites (N-methyl/N-ethyl adjacent to an activating group) is 1. The van der Waals surface area contributed by atoms with Crippen molar-refractivity contribution in [1.29, 1.82) is 0 Å². The smallest absolute Gasteiger partial charge is 0.306 e. The minimum Gasteiger partial charge on any atom is -0.756 e. The van der Waals surface area contributed by atoms with Crippen molar-refractivity contribution in [1.82, 2.24) is 0 Å². The number of unbranched alkanes of at least 4 members (excludes halogenated alkanes) is 12. The van der Waals surface area contributed by atoms with E-state index in [1.807, 2.05) is 27.2 Å². The van der Waals surface area contributed by atoms with Gasteiger partial charge in [-0.15, -0.1) is 0 Å². The molecule has 0 aromatic carbocycles. The number of phosphoric acid groups is 1. The summed E-state index contributed by atoms with van der Waals surface area (Å²) in [5.41, 5.74) is 0. The van der Waals surface area contributed by atoms with Crippen LogP contribution in [0, 0.1) is 0 Å². The molecule has 0 saturated heterocycles. The highest BCUT2D eigenvalue weighted by Gasteiger charge is 2.21. The van der Waals surface area contributed by atoms with Gasteiger partial charge in [0.15, 0.2) is 6.10 Å². The monoisotopic (exact) mass is 886 g/mol. The van der Waals surface area contributed by atoms with E-state index in [-0.39, 0.29) is 26.1 Å². The highest BCUT2D eigenvalue weighted by atomic mass is 31.2. The molecule has 0 rings (SSSR count). The third kappa shape index (κ3) is 46.4. The van der Waals surface area contributed by atoms with E-state index < -0.39 is 32.5 Å². The molecule has 0 aromatic heterocycles. The number of hydrogen-bond donors (Lipinski definition) is 0. The lowest BCUT2D eigenvalue weighted by atomic mass is 10.1. The van der Waals surface area contributed by atoms with Crippen LogP contribution < -0.4 is 4.89 Å². The van der Waals surface area contributed by atoms with Crippen molar-refractivity contribution in [2.45, 2.75) is 174 Å². The fourth-order valence-electron chi connectivity index (χ4n) is 5.81. The van der Waals surface area contributed by atoms with Crippen LogP contribution in [-0.2, 0) is 32.7 Å². The molecular weight excluding hydrogens is 798 g/mol. The van der Waals surface area contributed by atoms with E-state index in [1.165, 1.54) is 57.8 Å². The van der Waals surface area contributed by atoms with Gasteiger partial charge < -0.3 is 27.9 Å². The van der Waals surface area contributed by atoms with Gasteiger partial charge in [0.25, 0.3) is 7.82 Å². The molecule has 0 spiro atoms. The first-order chi connectivity index (χ1) is 30.0. The van der Waals surface area contributed by atoms with Crippen molar-refractivity contribution in [3.05, 3.63) is 97.2 Å². The zero-order valence-electron chi connectivity index (χ0n) is 39.8. The van der Waals surface area contributed by atoms with Gasteiger partial charge in [-0.25, -0.2) is 0 Å². The summed E-state index contributed by atoms with van der Waals surface area (Å²) in [5, 5.41) is 0. The first kappa shape index (κ1) is 58.9. The second-order valence-corrected chi connectivity index (χ2v) is 18.2. The Labute approximate surface area is 379 Å². The molecule has 0 heterocycles. The first-order valence-electron chi connectivity index (χ1n) is 23.9. The Kier molecular flexibility index (Phi) is 41.1. The maximum absolute atomic E-state index is 12.7. The van der Waals surface area contributed by atoms with E-state index in [9.17, 15) is 19.0 Å². The number of nitrogens with zero attached hydrogens (tertiary/aromatic N) is 1. The Bertz CT molecular complexity index is 1370. The molecule has 10 heteroatoms. The highest BCUT2D eigenvalue weighted by molar-refractivity contribution is 7.45. The molecule has 0 fully saturated rings. The van der Waals surface area contributed by atoms with Crippen LogP contribution in [0.4, 0.5) is 0 Å². The summed E-state index contributed by atoms with van der Waals surface area (Å²) in [7, 11) is 1.10. The number of hydrogen-bond acceptors (Lipinski definition) is 8. The van der Waals surface area contributed by atoms with Gasteiger partial charge in [-0.05, 0) is 89.9 Å². The Morgan fingerprint density at radius 2 is 0.919 bits per heavy atom. The Hall–Kier alpha value is -3.07. The molecule has 0 aliphatic heterocycles. The van der Waals surface area contributed by atoms with E-state index in [2.05, 4.69) is 105 Å². The van der Waals surface area contributed by atoms with Crippen LogP contribution in [0.25, 0.3) is 0 Å². The minimum atomic E-state index is -4.66. The third-order valence-corrected chi connectivity index (χ3v) is 10.5. The number of quaternary nitrogens is 1. The molecule has 0 N–H and O–H groups in total. The molecule has 0 aliphatic carbocycles. The predicted molar refractivity (Wildman–Crippen MR) is 259 cm³/mol. The molecule has 0 saturated carbocycles. The van der Waals surface area contributed by atoms with Crippen molar-refractivity contribution < 1.29 is 42.1 Å². The zero-order chi connectivity index (χ0) is 45.7. The molecular formula is C52H88NO8P. The Morgan fingerprint density at radius 3 is 1.40 bits per heavy atom. The van der Waals surface area contributed by atoms with Crippen molar-refractivity contribution in [3.63, 3.8) is 0 Å². The van der Waals surface area contributed by atoms with Crippen molar-refractivity contribution >= 4 is 19.8 Å². The number of allylic oxidation sites excluding steroid dienone is 16. The standard InChI is InChI=1S/C52H88NO8P/c1-6-8-10-12-14-16-18-20-22-24-25-26-27-29-31-33-35-37-39-41-43-45-52(55)61-50(49-60-62(56,57)59-47-46-53(3,4)5)48-58-51(54)44-42-40-38-36-34-32-30-28-23-21-19-17-15-13-11-9-7-2/h11,13,17,19,22-24,26-28,31-34,37,39,50H,6-10,12,14-16,18,20-21,25,29-30,35-36,38,40-49H2,1-5H3/b13-11+,19-17+,24-22+,27-26+,28-23+,33-31+,34-32+,39-37+/t50-/m1/s1. The number of ether oxygens (including phenoxy) is 2. The van der Waals surface area contributed by atoms with Crippen LogP contribution in [0.1, 0.15) is 168 Å². The van der Waals surface area contributed by atoms with E-state index >= 15 is 0 Å². The Balaban J connectivity index is 4.49. The number of rotatable bonds is 42. The van der Waals surface area contributed by atoms with Gasteiger partial charge >= 0.3 is 11.9 Å². The summed E-state index contributed by atoms with van der Waals surface area (Å²) in [6, 6.07) is 0. The lowest BCUT2D eigenvalue weighted by molar-refractivity contribution is -0.870. The second-order valence-electron chi connectivity index (χ2n) is 16.8. The van der Waals surface area contributed by atoms with Crippen LogP contribution >= 0.6 is 7.82 Å². The summed E-state index contributed by atoms with van der Waals surface area (Å²) in [6.45, 7) is 4.04. The fraction of sp³-hybridized carbons (Fsp3) is 0.654. The molecule has 0 aliphatic rings. The van der Waals surface area contributed by atoms with Crippen molar-refractivity contribution in [3.8, 4) is 0 Å². The predicted octanol–water partition coefficient (Wildman–Crippen LogP) is 13.5. The molecule has 62 heavy (non-hydrogen) atoms. The molecule has 9 nitrogen and oxygen atoms in total. The van der Waals surface area contributed by atoms with Gasteiger partial charge in [0, 0.05) is 12.8 Å². The van der Waals surface area contributed by atoms with Crippen molar-refractivity contribution in [2.75, 3.05) is 47.5 Å². The molecule has 354 valence electrons. The number of carbonyl (C=O) groups is 2. The van der Waals surface area contributed by atoms with Crippen LogP contribution in [0.15, 0.2) is 97.2 Å². The van der Waals surface area contributed by atoms with E-state index in [0.717, 1.165) is 64.2 Å². The van der Waals surface area contributed by atoms with Crippen LogP contribution in [0.3, 0.4) is 0 Å². The van der Waals surface area contributed by atoms with Gasteiger partial charge in [-0.3, -0.25) is 14.2 Å². The number of phosphoric ester groups is 1. The summed E-state index contributed by atoms with van der Waals surface area (Å²) in [5.74, 6) is -0.945.